The molecule has 0 saturated carbocycles. The van der Waals surface area contributed by atoms with Gasteiger partial charge in [-0.05, 0) is 18.1 Å². The van der Waals surface area contributed by atoms with Crippen LogP contribution in [-0.2, 0) is 0 Å². The zero-order chi connectivity index (χ0) is 15.1. The number of imidazole rings is 1. The van der Waals surface area contributed by atoms with Crippen LogP contribution in [-0.4, -0.2) is 9.38 Å². The SMILES string of the molecule is Cc1csc2nc(-c3ccc(-c4ccccc4)cc3)c(N)n12. The Kier molecular flexibility index (Phi) is 2.98. The molecule has 0 saturated heterocycles. The fourth-order valence-corrected chi connectivity index (χ4v) is 3.56. The van der Waals surface area contributed by atoms with E-state index in [1.54, 1.807) is 11.3 Å². The number of rotatable bonds is 2. The predicted molar refractivity (Wildman–Crippen MR) is 93.1 cm³/mol. The molecular weight excluding hydrogens is 290 g/mol. The highest BCUT2D eigenvalue weighted by Crippen LogP contribution is 2.31. The molecule has 0 fully saturated rings. The Bertz CT molecular complexity index is 934. The second kappa shape index (κ2) is 5.00. The first kappa shape index (κ1) is 13.1. The quantitative estimate of drug-likeness (QED) is 0.587. The molecule has 22 heavy (non-hydrogen) atoms. The molecule has 2 aromatic heterocycles. The van der Waals surface area contributed by atoms with E-state index in [4.69, 9.17) is 5.73 Å². The van der Waals surface area contributed by atoms with Crippen molar-refractivity contribution in [2.45, 2.75) is 6.92 Å². The second-order valence-electron chi connectivity index (χ2n) is 5.28. The first-order valence-corrected chi connectivity index (χ1v) is 8.00. The minimum absolute atomic E-state index is 0.709. The van der Waals surface area contributed by atoms with Crippen molar-refractivity contribution in [1.82, 2.24) is 9.38 Å². The molecule has 0 aliphatic rings. The number of hydrogen-bond donors (Lipinski definition) is 1. The van der Waals surface area contributed by atoms with Crippen molar-refractivity contribution in [3.8, 4) is 22.4 Å². The third-order valence-electron chi connectivity index (χ3n) is 3.84. The minimum atomic E-state index is 0.709. The number of nitrogens with two attached hydrogens (primary N) is 1. The molecule has 4 heteroatoms. The number of hydrogen-bond acceptors (Lipinski definition) is 3. The highest BCUT2D eigenvalue weighted by atomic mass is 32.1. The fourth-order valence-electron chi connectivity index (χ4n) is 2.69. The monoisotopic (exact) mass is 305 g/mol. The maximum atomic E-state index is 6.27. The van der Waals surface area contributed by atoms with Crippen molar-refractivity contribution in [1.29, 1.82) is 0 Å². The third-order valence-corrected chi connectivity index (χ3v) is 4.78. The number of aromatic nitrogens is 2. The minimum Gasteiger partial charge on any atom is -0.383 e. The van der Waals surface area contributed by atoms with E-state index in [9.17, 15) is 0 Å². The Hall–Kier alpha value is -2.59. The summed E-state index contributed by atoms with van der Waals surface area (Å²) in [6.45, 7) is 2.05. The van der Waals surface area contributed by atoms with Crippen LogP contribution in [0.1, 0.15) is 5.69 Å². The van der Waals surface area contributed by atoms with Gasteiger partial charge in [-0.1, -0.05) is 54.6 Å². The molecule has 2 heterocycles. The zero-order valence-corrected chi connectivity index (χ0v) is 13.0. The molecule has 0 amide bonds. The van der Waals surface area contributed by atoms with Gasteiger partial charge in [0, 0.05) is 16.6 Å². The van der Waals surface area contributed by atoms with Gasteiger partial charge in [-0.25, -0.2) is 4.98 Å². The van der Waals surface area contributed by atoms with Gasteiger partial charge in [-0.3, -0.25) is 4.40 Å². The standard InChI is InChI=1S/C18H15N3S/c1-12-11-22-18-20-16(17(19)21(12)18)15-9-7-14(8-10-15)13-5-3-2-4-6-13/h2-11H,19H2,1H3. The van der Waals surface area contributed by atoms with Crippen LogP contribution in [0.4, 0.5) is 5.82 Å². The molecular formula is C18H15N3S. The number of nitrogen functional groups attached to an aromatic ring is 1. The van der Waals surface area contributed by atoms with E-state index in [2.05, 4.69) is 46.8 Å². The lowest BCUT2D eigenvalue weighted by Gasteiger charge is -2.04. The highest BCUT2D eigenvalue weighted by molar-refractivity contribution is 7.15. The van der Waals surface area contributed by atoms with Gasteiger partial charge in [0.15, 0.2) is 4.96 Å². The fraction of sp³-hybridized carbons (Fsp3) is 0.0556. The summed E-state index contributed by atoms with van der Waals surface area (Å²) in [4.78, 5) is 5.60. The first-order chi connectivity index (χ1) is 10.7. The van der Waals surface area contributed by atoms with Crippen molar-refractivity contribution >= 4 is 22.1 Å². The Morgan fingerprint density at radius 1 is 0.909 bits per heavy atom. The summed E-state index contributed by atoms with van der Waals surface area (Å²) in [7, 11) is 0. The van der Waals surface area contributed by atoms with Crippen LogP contribution in [0.25, 0.3) is 27.3 Å². The lowest BCUT2D eigenvalue weighted by molar-refractivity contribution is 1.14. The Labute approximate surface area is 132 Å². The molecule has 4 rings (SSSR count). The third kappa shape index (κ3) is 2.00. The van der Waals surface area contributed by atoms with Crippen LogP contribution in [0, 0.1) is 6.92 Å². The normalized spacial score (nSPS) is 11.1. The van der Waals surface area contributed by atoms with Gasteiger partial charge >= 0.3 is 0 Å². The average molecular weight is 305 g/mol. The number of aryl methyl sites for hydroxylation is 1. The molecule has 0 spiro atoms. The Balaban J connectivity index is 1.78. The van der Waals surface area contributed by atoms with Crippen LogP contribution in [0.15, 0.2) is 60.0 Å². The summed E-state index contributed by atoms with van der Waals surface area (Å²) in [5, 5.41) is 2.07. The number of fused-ring (bicyclic) bond motifs is 1. The summed E-state index contributed by atoms with van der Waals surface area (Å²) in [5.74, 6) is 0.709. The van der Waals surface area contributed by atoms with E-state index in [0.717, 1.165) is 21.9 Å². The van der Waals surface area contributed by atoms with Crippen LogP contribution in [0.2, 0.25) is 0 Å². The molecule has 0 atom stereocenters. The van der Waals surface area contributed by atoms with Crippen LogP contribution < -0.4 is 5.73 Å². The number of anilines is 1. The van der Waals surface area contributed by atoms with Gasteiger partial charge in [-0.2, -0.15) is 0 Å². The number of nitrogens with zero attached hydrogens (tertiary/aromatic N) is 2. The van der Waals surface area contributed by atoms with Gasteiger partial charge in [0.1, 0.15) is 11.5 Å². The number of benzene rings is 2. The molecule has 4 aromatic rings. The predicted octanol–water partition coefficient (Wildman–Crippen LogP) is 4.62. The first-order valence-electron chi connectivity index (χ1n) is 7.12. The molecule has 3 nitrogen and oxygen atoms in total. The van der Waals surface area contributed by atoms with E-state index in [0.29, 0.717) is 5.82 Å². The second-order valence-corrected chi connectivity index (χ2v) is 6.12. The number of thiazole rings is 1. The van der Waals surface area contributed by atoms with Crippen LogP contribution >= 0.6 is 11.3 Å². The molecule has 108 valence electrons. The van der Waals surface area contributed by atoms with E-state index < -0.39 is 0 Å². The van der Waals surface area contributed by atoms with Gasteiger partial charge in [0.25, 0.3) is 0 Å². The average Bonchev–Trinajstić information content (AvgIpc) is 3.09. The van der Waals surface area contributed by atoms with Crippen LogP contribution in [0.5, 0.6) is 0 Å². The lowest BCUT2D eigenvalue weighted by Crippen LogP contribution is -1.94. The van der Waals surface area contributed by atoms with E-state index in [-0.39, 0.29) is 0 Å². The zero-order valence-electron chi connectivity index (χ0n) is 12.2. The molecule has 2 N–H and O–H groups in total. The highest BCUT2D eigenvalue weighted by Gasteiger charge is 2.14. The summed E-state index contributed by atoms with van der Waals surface area (Å²) in [5.41, 5.74) is 11.7. The molecule has 0 aliphatic heterocycles. The summed E-state index contributed by atoms with van der Waals surface area (Å²) in [6.07, 6.45) is 0. The van der Waals surface area contributed by atoms with Gasteiger partial charge in [-0.15, -0.1) is 11.3 Å². The topological polar surface area (TPSA) is 43.3 Å². The summed E-state index contributed by atoms with van der Waals surface area (Å²) >= 11 is 1.62. The van der Waals surface area contributed by atoms with Crippen molar-refractivity contribution in [3.63, 3.8) is 0 Å². The van der Waals surface area contributed by atoms with E-state index in [1.165, 1.54) is 11.1 Å². The lowest BCUT2D eigenvalue weighted by atomic mass is 10.0. The largest absolute Gasteiger partial charge is 0.383 e. The Morgan fingerprint density at radius 2 is 1.55 bits per heavy atom. The van der Waals surface area contributed by atoms with Crippen molar-refractivity contribution < 1.29 is 0 Å². The molecule has 0 radical (unpaired) electrons. The van der Waals surface area contributed by atoms with Gasteiger partial charge in [0.2, 0.25) is 0 Å². The maximum Gasteiger partial charge on any atom is 0.196 e. The molecule has 0 unspecified atom stereocenters. The van der Waals surface area contributed by atoms with Gasteiger partial charge in [0.05, 0.1) is 0 Å². The van der Waals surface area contributed by atoms with Gasteiger partial charge < -0.3 is 5.73 Å². The smallest absolute Gasteiger partial charge is 0.196 e. The van der Waals surface area contributed by atoms with Crippen molar-refractivity contribution in [2.75, 3.05) is 5.73 Å². The molecule has 0 aliphatic carbocycles. The van der Waals surface area contributed by atoms with Crippen LogP contribution in [0.3, 0.4) is 0 Å². The summed E-state index contributed by atoms with van der Waals surface area (Å²) in [6, 6.07) is 18.7. The van der Waals surface area contributed by atoms with E-state index in [1.807, 2.05) is 29.5 Å². The van der Waals surface area contributed by atoms with Crippen molar-refractivity contribution in [2.24, 2.45) is 0 Å². The Morgan fingerprint density at radius 3 is 2.23 bits per heavy atom. The van der Waals surface area contributed by atoms with Crippen molar-refractivity contribution in [3.05, 3.63) is 65.7 Å². The summed E-state index contributed by atoms with van der Waals surface area (Å²) < 4.78 is 2.01. The maximum absolute atomic E-state index is 6.27. The van der Waals surface area contributed by atoms with E-state index >= 15 is 0 Å². The molecule has 2 aromatic carbocycles. The molecule has 0 bridgehead atoms.